The lowest BCUT2D eigenvalue weighted by Gasteiger charge is -2.18. The molecule has 3 heterocycles. The highest BCUT2D eigenvalue weighted by atomic mass is 32.1. The molecule has 0 saturated heterocycles. The van der Waals surface area contributed by atoms with Gasteiger partial charge in [0.05, 0.1) is 15.9 Å². The number of aromatic nitrogens is 1. The first-order valence-corrected chi connectivity index (χ1v) is 14.9. The molecule has 0 spiro atoms. The lowest BCUT2D eigenvalue weighted by atomic mass is 9.93. The topological polar surface area (TPSA) is 44.1 Å². The van der Waals surface area contributed by atoms with Crippen LogP contribution in [0.2, 0.25) is 0 Å². The van der Waals surface area contributed by atoms with Crippen molar-refractivity contribution in [1.82, 2.24) is 4.57 Å². The number of fused-ring (bicyclic) bond motifs is 10. The molecular weight excluding hydrogens is 520 g/mol. The van der Waals surface area contributed by atoms with Crippen molar-refractivity contribution in [3.63, 3.8) is 0 Å². The lowest BCUT2D eigenvalue weighted by molar-refractivity contribution is 0.669. The number of nitrogens with two attached hydrogens (primary N) is 1. The largest absolute Gasteiger partial charge is 0.456 e. The zero-order valence-electron chi connectivity index (χ0n) is 22.5. The number of thiophene rings is 1. The molecule has 0 aliphatic heterocycles. The van der Waals surface area contributed by atoms with Gasteiger partial charge in [-0.25, -0.2) is 0 Å². The Hall–Kier alpha value is -4.80. The first-order chi connectivity index (χ1) is 20.1. The van der Waals surface area contributed by atoms with E-state index in [9.17, 15) is 0 Å². The average Bonchev–Trinajstić information content (AvgIpc) is 3.66. The van der Waals surface area contributed by atoms with Crippen LogP contribution in [0.4, 0.5) is 5.69 Å². The minimum atomic E-state index is 0.513. The summed E-state index contributed by atoms with van der Waals surface area (Å²) >= 11 is 1.90. The molecule has 1 aliphatic rings. The Morgan fingerprint density at radius 1 is 0.780 bits per heavy atom. The van der Waals surface area contributed by atoms with Crippen LogP contribution in [-0.2, 0) is 6.42 Å². The Labute approximate surface area is 240 Å². The first kappa shape index (κ1) is 23.0. The molecule has 0 bridgehead atoms. The summed E-state index contributed by atoms with van der Waals surface area (Å²) in [6.07, 6.45) is 5.74. The van der Waals surface area contributed by atoms with E-state index in [2.05, 4.69) is 103 Å². The molecule has 1 atom stereocenters. The third-order valence-electron chi connectivity index (χ3n) is 8.68. The highest BCUT2D eigenvalue weighted by Crippen LogP contribution is 2.45. The van der Waals surface area contributed by atoms with Gasteiger partial charge < -0.3 is 14.7 Å². The molecule has 196 valence electrons. The van der Waals surface area contributed by atoms with Crippen molar-refractivity contribution in [2.45, 2.75) is 13.3 Å². The van der Waals surface area contributed by atoms with E-state index < -0.39 is 0 Å². The maximum atomic E-state index is 6.16. The summed E-state index contributed by atoms with van der Waals surface area (Å²) < 4.78 is 11.4. The van der Waals surface area contributed by atoms with Gasteiger partial charge in [-0.05, 0) is 72.0 Å². The number of nitrogen functional groups attached to an aromatic ring is 1. The van der Waals surface area contributed by atoms with Crippen molar-refractivity contribution < 1.29 is 4.42 Å². The molecule has 1 unspecified atom stereocenters. The molecule has 41 heavy (non-hydrogen) atoms. The number of benzene rings is 5. The smallest absolute Gasteiger partial charge is 0.135 e. The van der Waals surface area contributed by atoms with Gasteiger partial charge in [-0.2, -0.15) is 0 Å². The fraction of sp³-hybridized carbons (Fsp3) is 0.0811. The van der Waals surface area contributed by atoms with E-state index >= 15 is 0 Å². The Kier molecular flexibility index (Phi) is 4.68. The predicted molar refractivity (Wildman–Crippen MR) is 175 cm³/mol. The normalized spacial score (nSPS) is 15.1. The van der Waals surface area contributed by atoms with Crippen molar-refractivity contribution in [2.75, 3.05) is 5.73 Å². The zero-order valence-corrected chi connectivity index (χ0v) is 23.3. The quantitative estimate of drug-likeness (QED) is 0.219. The van der Waals surface area contributed by atoms with E-state index in [-0.39, 0.29) is 0 Å². The van der Waals surface area contributed by atoms with Gasteiger partial charge in [0.15, 0.2) is 0 Å². The summed E-state index contributed by atoms with van der Waals surface area (Å²) in [5.41, 5.74) is 16.2. The number of rotatable bonds is 2. The minimum Gasteiger partial charge on any atom is -0.456 e. The number of anilines is 1. The number of para-hydroxylation sites is 1. The molecule has 8 aromatic rings. The van der Waals surface area contributed by atoms with E-state index in [0.29, 0.717) is 5.92 Å². The number of nitrogens with zero attached hydrogens (tertiary/aromatic N) is 1. The minimum absolute atomic E-state index is 0.513. The molecule has 2 N–H and O–H groups in total. The second-order valence-electron chi connectivity index (χ2n) is 11.3. The molecule has 5 aromatic carbocycles. The molecule has 0 amide bonds. The van der Waals surface area contributed by atoms with Crippen LogP contribution in [-0.4, -0.2) is 4.57 Å². The molecule has 9 rings (SSSR count). The summed E-state index contributed by atoms with van der Waals surface area (Å²) in [7, 11) is 0. The maximum Gasteiger partial charge on any atom is 0.135 e. The lowest BCUT2D eigenvalue weighted by Crippen LogP contribution is -2.06. The van der Waals surface area contributed by atoms with E-state index in [4.69, 9.17) is 10.2 Å². The molecule has 4 heteroatoms. The van der Waals surface area contributed by atoms with E-state index in [1.165, 1.54) is 53.6 Å². The molecule has 3 nitrogen and oxygen atoms in total. The number of furan rings is 1. The van der Waals surface area contributed by atoms with Crippen LogP contribution >= 0.6 is 11.3 Å². The highest BCUT2D eigenvalue weighted by molar-refractivity contribution is 7.26. The van der Waals surface area contributed by atoms with Gasteiger partial charge in [0.25, 0.3) is 0 Å². The van der Waals surface area contributed by atoms with Crippen LogP contribution in [0.5, 0.6) is 0 Å². The van der Waals surface area contributed by atoms with Gasteiger partial charge in [0, 0.05) is 48.6 Å². The van der Waals surface area contributed by atoms with Crippen LogP contribution < -0.4 is 5.73 Å². The Bertz CT molecular complexity index is 2380. The third kappa shape index (κ3) is 3.25. The zero-order chi connectivity index (χ0) is 27.2. The van der Waals surface area contributed by atoms with Gasteiger partial charge >= 0.3 is 0 Å². The van der Waals surface area contributed by atoms with Crippen LogP contribution in [0.3, 0.4) is 0 Å². The predicted octanol–water partition coefficient (Wildman–Crippen LogP) is 10.4. The Morgan fingerprint density at radius 3 is 2.49 bits per heavy atom. The fourth-order valence-corrected chi connectivity index (χ4v) is 8.03. The van der Waals surface area contributed by atoms with Crippen molar-refractivity contribution in [2.24, 2.45) is 5.92 Å². The number of hydrogen-bond acceptors (Lipinski definition) is 3. The monoisotopic (exact) mass is 546 g/mol. The Morgan fingerprint density at radius 2 is 1.56 bits per heavy atom. The standard InChI is InChI=1S/C37H26N2OS/c1-21-10-15-32-28(18-21)26-13-14-27-25-7-3-5-9-35(25)41-37(27)36(26)39(32)31-8-4-2-6-24(31)22-11-16-33-29(19-22)30-20-23(38)12-17-34(30)40-33/h2-17,19-21H,18,38H2,1H3. The summed E-state index contributed by atoms with van der Waals surface area (Å²) in [4.78, 5) is 0. The molecule has 0 fully saturated rings. The fourth-order valence-electron chi connectivity index (χ4n) is 6.79. The SMILES string of the molecule is CC1C=Cc2c(c3ccc4c5ccccc5sc4c3n2-c2ccccc2-c2ccc3oc4ccc(N)cc4c3c2)C1. The Balaban J connectivity index is 1.38. The van der Waals surface area contributed by atoms with E-state index in [1.54, 1.807) is 0 Å². The second-order valence-corrected chi connectivity index (χ2v) is 12.3. The van der Waals surface area contributed by atoms with Gasteiger partial charge in [-0.1, -0.05) is 67.6 Å². The van der Waals surface area contributed by atoms with Crippen molar-refractivity contribution in [3.8, 4) is 16.8 Å². The van der Waals surface area contributed by atoms with E-state index in [0.717, 1.165) is 39.6 Å². The average molecular weight is 547 g/mol. The summed E-state index contributed by atoms with van der Waals surface area (Å²) in [6, 6.07) is 34.7. The summed E-state index contributed by atoms with van der Waals surface area (Å²) in [6.45, 7) is 2.31. The number of allylic oxidation sites excluding steroid dienone is 1. The van der Waals surface area contributed by atoms with Crippen molar-refractivity contribution in [1.29, 1.82) is 0 Å². The highest BCUT2D eigenvalue weighted by Gasteiger charge is 2.25. The van der Waals surface area contributed by atoms with Gasteiger partial charge in [-0.15, -0.1) is 11.3 Å². The van der Waals surface area contributed by atoms with Crippen LogP contribution in [0.1, 0.15) is 18.2 Å². The summed E-state index contributed by atoms with van der Waals surface area (Å²) in [5, 5.41) is 6.14. The first-order valence-electron chi connectivity index (χ1n) is 14.1. The van der Waals surface area contributed by atoms with Gasteiger partial charge in [0.1, 0.15) is 11.2 Å². The molecular formula is C37H26N2OS. The second kappa shape index (κ2) is 8.35. The molecule has 1 aliphatic carbocycles. The van der Waals surface area contributed by atoms with Crippen LogP contribution in [0.25, 0.3) is 75.9 Å². The molecule has 3 aromatic heterocycles. The van der Waals surface area contributed by atoms with Crippen molar-refractivity contribution >= 4 is 76.1 Å². The van der Waals surface area contributed by atoms with Gasteiger partial charge in [-0.3, -0.25) is 0 Å². The summed E-state index contributed by atoms with van der Waals surface area (Å²) in [5.74, 6) is 0.513. The molecule has 0 saturated carbocycles. The number of hydrogen-bond donors (Lipinski definition) is 1. The van der Waals surface area contributed by atoms with Crippen molar-refractivity contribution in [3.05, 3.63) is 114 Å². The third-order valence-corrected chi connectivity index (χ3v) is 9.87. The van der Waals surface area contributed by atoms with E-state index in [1.807, 2.05) is 29.5 Å². The van der Waals surface area contributed by atoms with Crippen LogP contribution in [0, 0.1) is 5.92 Å². The molecule has 0 radical (unpaired) electrons. The maximum absolute atomic E-state index is 6.16. The van der Waals surface area contributed by atoms with Gasteiger partial charge in [0.2, 0.25) is 0 Å². The van der Waals surface area contributed by atoms with Crippen LogP contribution in [0.15, 0.2) is 108 Å².